The van der Waals surface area contributed by atoms with E-state index in [9.17, 15) is 8.42 Å². The van der Waals surface area contributed by atoms with Crippen LogP contribution in [0.15, 0.2) is 0 Å². The number of nitrogens with one attached hydrogen (secondary N) is 2. The van der Waals surface area contributed by atoms with Gasteiger partial charge in [-0.3, -0.25) is 0 Å². The van der Waals surface area contributed by atoms with Crippen molar-refractivity contribution in [3.8, 4) is 0 Å². The van der Waals surface area contributed by atoms with Crippen LogP contribution in [0.5, 0.6) is 0 Å². The molecule has 0 aromatic carbocycles. The first-order chi connectivity index (χ1) is 7.55. The second kappa shape index (κ2) is 6.54. The van der Waals surface area contributed by atoms with Gasteiger partial charge in [0, 0.05) is 19.1 Å². The maximum atomic E-state index is 11.6. The van der Waals surface area contributed by atoms with Gasteiger partial charge in [0.15, 0.2) is 0 Å². The number of rotatable bonds is 6. The fourth-order valence-electron chi connectivity index (χ4n) is 1.93. The topological polar surface area (TPSA) is 61.4 Å². The molecule has 0 aliphatic carbocycles. The van der Waals surface area contributed by atoms with Gasteiger partial charge in [0.2, 0.25) is 10.0 Å². The van der Waals surface area contributed by atoms with Gasteiger partial charge in [-0.2, -0.15) is 0 Å². The molecule has 1 fully saturated rings. The molecule has 0 aromatic rings. The zero-order valence-corrected chi connectivity index (χ0v) is 11.0. The van der Waals surface area contributed by atoms with Gasteiger partial charge in [-0.25, -0.2) is 13.1 Å². The molecule has 5 nitrogen and oxygen atoms in total. The van der Waals surface area contributed by atoms with Gasteiger partial charge in [0.1, 0.15) is 0 Å². The molecular weight excluding hydrogens is 226 g/mol. The number of likely N-dealkylation sites (N-methyl/N-ethyl adjacent to an activating group) is 1. The van der Waals surface area contributed by atoms with Crippen molar-refractivity contribution in [3.05, 3.63) is 0 Å². The highest BCUT2D eigenvalue weighted by atomic mass is 32.2. The van der Waals surface area contributed by atoms with Crippen molar-refractivity contribution in [1.82, 2.24) is 14.9 Å². The molecule has 1 saturated heterocycles. The minimum atomic E-state index is -3.11. The SMILES string of the molecule is CNCCS(=O)(=O)NCC1CCCCN1C. The summed E-state index contributed by atoms with van der Waals surface area (Å²) < 4.78 is 25.8. The Labute approximate surface area is 98.6 Å². The van der Waals surface area contributed by atoms with E-state index in [4.69, 9.17) is 0 Å². The summed E-state index contributed by atoms with van der Waals surface area (Å²) in [7, 11) is 0.710. The zero-order valence-electron chi connectivity index (χ0n) is 10.2. The van der Waals surface area contributed by atoms with E-state index in [1.165, 1.54) is 12.8 Å². The molecule has 0 radical (unpaired) electrons. The van der Waals surface area contributed by atoms with Crippen molar-refractivity contribution in [2.24, 2.45) is 0 Å². The molecule has 1 heterocycles. The Hall–Kier alpha value is -0.170. The lowest BCUT2D eigenvalue weighted by Crippen LogP contribution is -2.45. The summed E-state index contributed by atoms with van der Waals surface area (Å²) in [5, 5.41) is 2.84. The summed E-state index contributed by atoms with van der Waals surface area (Å²) in [4.78, 5) is 2.24. The normalized spacial score (nSPS) is 23.5. The maximum Gasteiger partial charge on any atom is 0.212 e. The molecule has 0 spiro atoms. The van der Waals surface area contributed by atoms with Crippen molar-refractivity contribution in [1.29, 1.82) is 0 Å². The third-order valence-corrected chi connectivity index (χ3v) is 4.43. The summed E-state index contributed by atoms with van der Waals surface area (Å²) in [6.45, 7) is 2.11. The van der Waals surface area contributed by atoms with Crippen LogP contribution >= 0.6 is 0 Å². The molecule has 0 saturated carbocycles. The molecule has 1 atom stereocenters. The lowest BCUT2D eigenvalue weighted by atomic mass is 10.0. The lowest BCUT2D eigenvalue weighted by Gasteiger charge is -2.32. The minimum Gasteiger partial charge on any atom is -0.319 e. The van der Waals surface area contributed by atoms with Crippen LogP contribution in [0.25, 0.3) is 0 Å². The van der Waals surface area contributed by atoms with Crippen LogP contribution in [0.3, 0.4) is 0 Å². The van der Waals surface area contributed by atoms with Gasteiger partial charge in [-0.1, -0.05) is 6.42 Å². The summed E-state index contributed by atoms with van der Waals surface area (Å²) >= 11 is 0. The molecule has 0 bridgehead atoms. The molecule has 2 N–H and O–H groups in total. The molecule has 1 rings (SSSR count). The van der Waals surface area contributed by atoms with Crippen molar-refractivity contribution in [3.63, 3.8) is 0 Å². The average Bonchev–Trinajstić information content (AvgIpc) is 2.26. The predicted octanol–water partition coefficient (Wildman–Crippen LogP) is -0.390. The van der Waals surface area contributed by atoms with E-state index in [0.717, 1.165) is 13.0 Å². The monoisotopic (exact) mass is 249 g/mol. The molecule has 0 amide bonds. The lowest BCUT2D eigenvalue weighted by molar-refractivity contribution is 0.187. The summed E-state index contributed by atoms with van der Waals surface area (Å²) in [6, 6.07) is 0.359. The van der Waals surface area contributed by atoms with Crippen LogP contribution in [-0.2, 0) is 10.0 Å². The van der Waals surface area contributed by atoms with Crippen LogP contribution in [0.2, 0.25) is 0 Å². The van der Waals surface area contributed by atoms with Crippen LogP contribution in [-0.4, -0.2) is 58.8 Å². The molecule has 1 unspecified atom stereocenters. The van der Waals surface area contributed by atoms with Crippen LogP contribution in [0.4, 0.5) is 0 Å². The molecule has 1 aliphatic heterocycles. The first-order valence-electron chi connectivity index (χ1n) is 5.87. The Kier molecular flexibility index (Phi) is 5.68. The zero-order chi connectivity index (χ0) is 12.0. The molecule has 16 heavy (non-hydrogen) atoms. The molecule has 1 aliphatic rings. The van der Waals surface area contributed by atoms with Crippen LogP contribution in [0, 0.1) is 0 Å². The third kappa shape index (κ3) is 4.78. The van der Waals surface area contributed by atoms with Gasteiger partial charge in [0.05, 0.1) is 5.75 Å². The van der Waals surface area contributed by atoms with Gasteiger partial charge >= 0.3 is 0 Å². The summed E-state index contributed by atoms with van der Waals surface area (Å²) in [5.74, 6) is 0.153. The fraction of sp³-hybridized carbons (Fsp3) is 1.00. The largest absolute Gasteiger partial charge is 0.319 e. The maximum absolute atomic E-state index is 11.6. The third-order valence-electron chi connectivity index (χ3n) is 3.08. The first kappa shape index (κ1) is 13.9. The number of hydrogen-bond acceptors (Lipinski definition) is 4. The van der Waals surface area contributed by atoms with Crippen molar-refractivity contribution in [2.45, 2.75) is 25.3 Å². The Balaban J connectivity index is 2.32. The molecule has 96 valence electrons. The number of likely N-dealkylation sites (tertiary alicyclic amines) is 1. The van der Waals surface area contributed by atoms with E-state index in [1.54, 1.807) is 7.05 Å². The van der Waals surface area contributed by atoms with E-state index in [2.05, 4.69) is 22.0 Å². The van der Waals surface area contributed by atoms with E-state index in [1.807, 2.05) is 0 Å². The Morgan fingerprint density at radius 2 is 2.12 bits per heavy atom. The van der Waals surface area contributed by atoms with Crippen molar-refractivity contribution in [2.75, 3.05) is 39.5 Å². The second-order valence-corrected chi connectivity index (χ2v) is 6.33. The highest BCUT2D eigenvalue weighted by molar-refractivity contribution is 7.89. The summed E-state index contributed by atoms with van der Waals surface area (Å²) in [5.41, 5.74) is 0. The van der Waals surface area contributed by atoms with E-state index >= 15 is 0 Å². The smallest absolute Gasteiger partial charge is 0.212 e. The highest BCUT2D eigenvalue weighted by Gasteiger charge is 2.20. The van der Waals surface area contributed by atoms with Gasteiger partial charge in [0.25, 0.3) is 0 Å². The molecular formula is C10H23N3O2S. The standard InChI is InChI=1S/C10H23N3O2S/c1-11-6-8-16(14,15)12-9-10-5-3-4-7-13(10)2/h10-12H,3-9H2,1-2H3. The number of hydrogen-bond donors (Lipinski definition) is 2. The fourth-order valence-corrected chi connectivity index (χ4v) is 3.00. The predicted molar refractivity (Wildman–Crippen MR) is 66.0 cm³/mol. The van der Waals surface area contributed by atoms with E-state index in [0.29, 0.717) is 19.1 Å². The Morgan fingerprint density at radius 3 is 2.75 bits per heavy atom. The number of sulfonamides is 1. The van der Waals surface area contributed by atoms with Crippen molar-refractivity contribution >= 4 is 10.0 Å². The Bertz CT molecular complexity index is 292. The highest BCUT2D eigenvalue weighted by Crippen LogP contribution is 2.14. The summed E-state index contributed by atoms with van der Waals surface area (Å²) in [6.07, 6.45) is 3.51. The molecule has 6 heteroatoms. The number of piperidine rings is 1. The number of nitrogens with zero attached hydrogens (tertiary/aromatic N) is 1. The minimum absolute atomic E-state index is 0.153. The average molecular weight is 249 g/mol. The quantitative estimate of drug-likeness (QED) is 0.673. The van der Waals surface area contributed by atoms with Crippen LogP contribution in [0.1, 0.15) is 19.3 Å². The van der Waals surface area contributed by atoms with Gasteiger partial charge in [-0.05, 0) is 33.5 Å². The van der Waals surface area contributed by atoms with E-state index in [-0.39, 0.29) is 5.75 Å². The van der Waals surface area contributed by atoms with Crippen molar-refractivity contribution < 1.29 is 8.42 Å². The second-order valence-electron chi connectivity index (χ2n) is 4.40. The van der Waals surface area contributed by atoms with Gasteiger partial charge in [-0.15, -0.1) is 0 Å². The molecule has 0 aromatic heterocycles. The van der Waals surface area contributed by atoms with Crippen LogP contribution < -0.4 is 10.0 Å². The van der Waals surface area contributed by atoms with Gasteiger partial charge < -0.3 is 10.2 Å². The first-order valence-corrected chi connectivity index (χ1v) is 7.52. The Morgan fingerprint density at radius 1 is 1.38 bits per heavy atom. The van der Waals surface area contributed by atoms with E-state index < -0.39 is 10.0 Å².